The Hall–Kier alpha value is -0.120. The average Bonchev–Trinajstić information content (AvgIpc) is 2.57. The van der Waals surface area contributed by atoms with E-state index in [4.69, 9.17) is 5.73 Å². The summed E-state index contributed by atoms with van der Waals surface area (Å²) in [5.41, 5.74) is 6.59. The molecule has 0 aromatic rings. The molecule has 3 nitrogen and oxygen atoms in total. The predicted octanol–water partition coefficient (Wildman–Crippen LogP) is 2.84. The molecule has 3 fully saturated rings. The molecule has 2 heterocycles. The van der Waals surface area contributed by atoms with Crippen LogP contribution in [0.25, 0.3) is 0 Å². The lowest BCUT2D eigenvalue weighted by atomic mass is 9.75. The Kier molecular flexibility index (Phi) is 5.23. The fourth-order valence-corrected chi connectivity index (χ4v) is 4.94. The lowest BCUT2D eigenvalue weighted by Gasteiger charge is -2.51. The number of rotatable bonds is 3. The molecule has 2 N–H and O–H groups in total. The zero-order valence-corrected chi connectivity index (χ0v) is 14.0. The highest BCUT2D eigenvalue weighted by molar-refractivity contribution is 4.97. The monoisotopic (exact) mass is 293 g/mol. The van der Waals surface area contributed by atoms with E-state index in [2.05, 4.69) is 16.7 Å². The van der Waals surface area contributed by atoms with Crippen LogP contribution in [0.3, 0.4) is 0 Å². The van der Waals surface area contributed by atoms with E-state index in [0.717, 1.165) is 18.5 Å². The molecule has 0 unspecified atom stereocenters. The molecule has 3 rings (SSSR count). The van der Waals surface area contributed by atoms with Crippen molar-refractivity contribution < 1.29 is 0 Å². The molecule has 21 heavy (non-hydrogen) atoms. The summed E-state index contributed by atoms with van der Waals surface area (Å²) in [6.07, 6.45) is 12.5. The predicted molar refractivity (Wildman–Crippen MR) is 89.4 cm³/mol. The number of likely N-dealkylation sites (tertiary alicyclic amines) is 2. The lowest BCUT2D eigenvalue weighted by molar-refractivity contribution is 0.00190. The Bertz CT molecular complexity index is 308. The van der Waals surface area contributed by atoms with Gasteiger partial charge in [0.15, 0.2) is 0 Å². The van der Waals surface area contributed by atoms with Gasteiger partial charge in [-0.2, -0.15) is 0 Å². The molecule has 1 saturated carbocycles. The summed E-state index contributed by atoms with van der Waals surface area (Å²) in [7, 11) is 0. The van der Waals surface area contributed by atoms with Crippen LogP contribution in [0.5, 0.6) is 0 Å². The number of nitrogens with zero attached hydrogens (tertiary/aromatic N) is 2. The van der Waals surface area contributed by atoms with Gasteiger partial charge >= 0.3 is 0 Å². The summed E-state index contributed by atoms with van der Waals surface area (Å²) in [5.74, 6) is 0.913. The van der Waals surface area contributed by atoms with Crippen LogP contribution in [0.1, 0.15) is 64.7 Å². The van der Waals surface area contributed by atoms with Gasteiger partial charge in [-0.3, -0.25) is 4.90 Å². The van der Waals surface area contributed by atoms with Crippen molar-refractivity contribution in [3.05, 3.63) is 0 Å². The summed E-state index contributed by atoms with van der Waals surface area (Å²) in [4.78, 5) is 5.55. The van der Waals surface area contributed by atoms with Crippen molar-refractivity contribution in [2.45, 2.75) is 76.3 Å². The van der Waals surface area contributed by atoms with Gasteiger partial charge in [-0.05, 0) is 70.4 Å². The Morgan fingerprint density at radius 2 is 1.52 bits per heavy atom. The minimum Gasteiger partial charge on any atom is -0.329 e. The van der Waals surface area contributed by atoms with Gasteiger partial charge in [0.1, 0.15) is 0 Å². The standard InChI is InChI=1S/C18H35N3/c1-16-5-9-18(15-19,10-6-16)21-13-7-17(8-14-21)20-11-3-2-4-12-20/h16-17H,2-15,19H2,1H3. The molecule has 3 aliphatic rings. The zero-order chi connectivity index (χ0) is 14.7. The van der Waals surface area contributed by atoms with E-state index < -0.39 is 0 Å². The summed E-state index contributed by atoms with van der Waals surface area (Å²) < 4.78 is 0. The summed E-state index contributed by atoms with van der Waals surface area (Å²) >= 11 is 0. The molecule has 0 aromatic carbocycles. The van der Waals surface area contributed by atoms with Crippen molar-refractivity contribution in [2.24, 2.45) is 11.7 Å². The number of hydrogen-bond donors (Lipinski definition) is 1. The maximum Gasteiger partial charge on any atom is 0.0331 e. The molecule has 122 valence electrons. The molecule has 0 spiro atoms. The van der Waals surface area contributed by atoms with Crippen LogP contribution >= 0.6 is 0 Å². The largest absolute Gasteiger partial charge is 0.329 e. The molecule has 0 atom stereocenters. The molecule has 0 bridgehead atoms. The van der Waals surface area contributed by atoms with Gasteiger partial charge in [0.2, 0.25) is 0 Å². The first-order valence-corrected chi connectivity index (χ1v) is 9.43. The smallest absolute Gasteiger partial charge is 0.0331 e. The van der Waals surface area contributed by atoms with Crippen LogP contribution in [-0.4, -0.2) is 54.1 Å². The Labute approximate surface area is 131 Å². The van der Waals surface area contributed by atoms with Crippen molar-refractivity contribution >= 4 is 0 Å². The minimum atomic E-state index is 0.347. The molecule has 0 aromatic heterocycles. The first kappa shape index (κ1) is 15.8. The van der Waals surface area contributed by atoms with E-state index in [0.29, 0.717) is 5.54 Å². The quantitative estimate of drug-likeness (QED) is 0.868. The molecule has 2 saturated heterocycles. The van der Waals surface area contributed by atoms with E-state index in [1.54, 1.807) is 0 Å². The first-order chi connectivity index (χ1) is 10.2. The SMILES string of the molecule is CC1CCC(CN)(N2CCC(N3CCCCC3)CC2)CC1. The van der Waals surface area contributed by atoms with Crippen molar-refractivity contribution in [1.82, 2.24) is 9.80 Å². The van der Waals surface area contributed by atoms with Crippen LogP contribution in [0.2, 0.25) is 0 Å². The normalized spacial score (nSPS) is 37.7. The van der Waals surface area contributed by atoms with Crippen LogP contribution in [0, 0.1) is 5.92 Å². The molecule has 3 heteroatoms. The average molecular weight is 293 g/mol. The number of hydrogen-bond acceptors (Lipinski definition) is 3. The molecule has 0 radical (unpaired) electrons. The Morgan fingerprint density at radius 1 is 0.905 bits per heavy atom. The number of nitrogens with two attached hydrogens (primary N) is 1. The lowest BCUT2D eigenvalue weighted by Crippen LogP contribution is -2.59. The topological polar surface area (TPSA) is 32.5 Å². The molecular formula is C18H35N3. The van der Waals surface area contributed by atoms with Crippen LogP contribution in [0.4, 0.5) is 0 Å². The fourth-order valence-electron chi connectivity index (χ4n) is 4.94. The van der Waals surface area contributed by atoms with Crippen molar-refractivity contribution in [2.75, 3.05) is 32.7 Å². The van der Waals surface area contributed by atoms with Crippen molar-refractivity contribution in [3.8, 4) is 0 Å². The van der Waals surface area contributed by atoms with Crippen molar-refractivity contribution in [1.29, 1.82) is 0 Å². The molecule has 2 aliphatic heterocycles. The van der Waals surface area contributed by atoms with Gasteiger partial charge in [0, 0.05) is 31.2 Å². The van der Waals surface area contributed by atoms with Gasteiger partial charge in [-0.25, -0.2) is 0 Å². The maximum absolute atomic E-state index is 6.24. The van der Waals surface area contributed by atoms with E-state index in [1.807, 2.05) is 0 Å². The summed E-state index contributed by atoms with van der Waals surface area (Å²) in [5, 5.41) is 0. The van der Waals surface area contributed by atoms with Crippen LogP contribution in [0.15, 0.2) is 0 Å². The third kappa shape index (κ3) is 3.46. The second kappa shape index (κ2) is 6.97. The molecule has 0 amide bonds. The maximum atomic E-state index is 6.24. The molecule has 1 aliphatic carbocycles. The number of piperidine rings is 2. The van der Waals surface area contributed by atoms with E-state index in [9.17, 15) is 0 Å². The Balaban J connectivity index is 1.54. The van der Waals surface area contributed by atoms with Gasteiger partial charge in [0.05, 0.1) is 0 Å². The summed E-state index contributed by atoms with van der Waals surface area (Å²) in [6.45, 7) is 8.55. The molecular weight excluding hydrogens is 258 g/mol. The Morgan fingerprint density at radius 3 is 2.10 bits per heavy atom. The van der Waals surface area contributed by atoms with Gasteiger partial charge in [0.25, 0.3) is 0 Å². The van der Waals surface area contributed by atoms with Gasteiger partial charge < -0.3 is 10.6 Å². The first-order valence-electron chi connectivity index (χ1n) is 9.43. The van der Waals surface area contributed by atoms with Crippen molar-refractivity contribution in [3.63, 3.8) is 0 Å². The summed E-state index contributed by atoms with van der Waals surface area (Å²) in [6, 6.07) is 0.860. The van der Waals surface area contributed by atoms with Crippen LogP contribution < -0.4 is 5.73 Å². The third-order valence-electron chi connectivity index (χ3n) is 6.63. The van der Waals surface area contributed by atoms with E-state index in [-0.39, 0.29) is 0 Å². The van der Waals surface area contributed by atoms with E-state index >= 15 is 0 Å². The second-order valence-electron chi connectivity index (χ2n) is 7.93. The van der Waals surface area contributed by atoms with Gasteiger partial charge in [-0.15, -0.1) is 0 Å². The highest BCUT2D eigenvalue weighted by Crippen LogP contribution is 2.37. The van der Waals surface area contributed by atoms with Crippen LogP contribution in [-0.2, 0) is 0 Å². The highest BCUT2D eigenvalue weighted by Gasteiger charge is 2.40. The van der Waals surface area contributed by atoms with E-state index in [1.165, 1.54) is 84.0 Å². The van der Waals surface area contributed by atoms with Gasteiger partial charge in [-0.1, -0.05) is 13.3 Å². The third-order valence-corrected chi connectivity index (χ3v) is 6.63. The second-order valence-corrected chi connectivity index (χ2v) is 7.93. The fraction of sp³-hybridized carbons (Fsp3) is 1.00. The zero-order valence-electron chi connectivity index (χ0n) is 14.0. The highest BCUT2D eigenvalue weighted by atomic mass is 15.2. The minimum absolute atomic E-state index is 0.347.